The maximum Gasteiger partial charge on any atom is 0.306 e. The first-order valence-electron chi connectivity index (χ1n) is 35.0. The molecule has 0 aliphatic heterocycles. The molecule has 1 N–H and O–H groups in total. The Bertz CT molecular complexity index is 1930. The fourth-order valence-corrected chi connectivity index (χ4v) is 10.2. The lowest BCUT2D eigenvalue weighted by molar-refractivity contribution is -0.870. The zero-order valence-corrected chi connectivity index (χ0v) is 57.1. The van der Waals surface area contributed by atoms with Gasteiger partial charge in [0, 0.05) is 12.8 Å². The fourth-order valence-electron chi connectivity index (χ4n) is 9.52. The highest BCUT2D eigenvalue weighted by Crippen LogP contribution is 2.38. The number of carbonyl (C=O) groups excluding carboxylic acids is 2. The monoisotopic (exact) mass is 1210 g/mol. The zero-order chi connectivity index (χ0) is 62.8. The largest absolute Gasteiger partial charge is 0.756 e. The number of carbonyl (C=O) groups is 2. The molecule has 9 nitrogen and oxygen atoms in total. The van der Waals surface area contributed by atoms with Crippen LogP contribution < -0.4 is 10.2 Å². The molecule has 0 aliphatic rings. The molecular formula is C76H131N2O7P. The standard InChI is InChI=1S/C76H131N2O7P/c1-7-10-13-16-19-22-25-28-30-32-34-36-38-39-41-42-44-46-48-50-53-56-59-62-65-68-75(79)77-73(72-84-86(81,82)83-71-70-78(4,5)6)74(67-64-61-58-55-52-27-24-21-18-15-12-9-3)85-76(80)69-66-63-60-57-54-51-49-47-45-43-40-37-35-33-31-29-26-23-20-17-14-11-8-2/h10-11,13-14,19-20,22-23,28-31,34-37,39,41,43,45,64,67,73-74H,7-9,12,15-18,21,24-27,32-33,38,40,42,44,46-63,65-66,68-72H2,1-6H3,(H-,77,79,81,82)/b13-10-,14-11-,22-19-,23-20-,30-28-,31-29-,36-34-,37-35-,41-39-,45-43-,67-64+. The van der Waals surface area contributed by atoms with Crippen molar-refractivity contribution in [3.05, 3.63) is 134 Å². The van der Waals surface area contributed by atoms with Crippen molar-refractivity contribution in [1.82, 2.24) is 5.32 Å². The van der Waals surface area contributed by atoms with Crippen molar-refractivity contribution in [1.29, 1.82) is 0 Å². The van der Waals surface area contributed by atoms with E-state index in [0.29, 0.717) is 23.9 Å². The second-order valence-electron chi connectivity index (χ2n) is 24.3. The van der Waals surface area contributed by atoms with Gasteiger partial charge in [-0.05, 0) is 122 Å². The smallest absolute Gasteiger partial charge is 0.306 e. The Morgan fingerprint density at radius 1 is 0.419 bits per heavy atom. The van der Waals surface area contributed by atoms with Crippen molar-refractivity contribution < 1.29 is 37.3 Å². The van der Waals surface area contributed by atoms with Crippen molar-refractivity contribution in [2.45, 2.75) is 296 Å². The molecule has 1 amide bonds. The van der Waals surface area contributed by atoms with Gasteiger partial charge in [0.15, 0.2) is 0 Å². The van der Waals surface area contributed by atoms with Crippen LogP contribution in [-0.4, -0.2) is 69.4 Å². The first-order chi connectivity index (χ1) is 41.9. The molecule has 0 rings (SSSR count). The SMILES string of the molecule is CC/C=C\C/C=C\C/C=C\C/C=C\C/C=C\CCCCCCCCCCCC(=O)NC(COP(=O)([O-])OCC[N+](C)(C)C)C(/C=C/CCCCCCCCCCCC)OC(=O)CCCCCCCCC/C=C\C/C=C\C/C=C\C/C=C\C/C=C\CC. The molecule has 10 heteroatoms. The predicted octanol–water partition coefficient (Wildman–Crippen LogP) is 21.8. The highest BCUT2D eigenvalue weighted by atomic mass is 31.2. The molecule has 0 bridgehead atoms. The van der Waals surface area contributed by atoms with Crippen LogP contribution in [0.2, 0.25) is 0 Å². The number of ether oxygens (including phenoxy) is 1. The van der Waals surface area contributed by atoms with Crippen molar-refractivity contribution in [2.24, 2.45) is 0 Å². The zero-order valence-electron chi connectivity index (χ0n) is 56.2. The van der Waals surface area contributed by atoms with Gasteiger partial charge < -0.3 is 28.5 Å². The van der Waals surface area contributed by atoms with Gasteiger partial charge in [0.1, 0.15) is 19.3 Å². The highest BCUT2D eigenvalue weighted by molar-refractivity contribution is 7.45. The molecule has 0 aliphatic carbocycles. The second-order valence-corrected chi connectivity index (χ2v) is 25.7. The number of rotatable bonds is 62. The highest BCUT2D eigenvalue weighted by Gasteiger charge is 2.27. The summed E-state index contributed by atoms with van der Waals surface area (Å²) in [6.45, 7) is 6.60. The van der Waals surface area contributed by atoms with E-state index in [1.165, 1.54) is 103 Å². The van der Waals surface area contributed by atoms with Crippen molar-refractivity contribution in [3.8, 4) is 0 Å². The van der Waals surface area contributed by atoms with Crippen LogP contribution in [0.4, 0.5) is 0 Å². The third kappa shape index (κ3) is 64.6. The van der Waals surface area contributed by atoms with E-state index in [1.54, 1.807) is 0 Å². The molecule has 3 unspecified atom stereocenters. The summed E-state index contributed by atoms with van der Waals surface area (Å²) in [5.41, 5.74) is 0. The number of allylic oxidation sites excluding steroid dienone is 21. The quantitative estimate of drug-likeness (QED) is 0.0212. The minimum atomic E-state index is -4.72. The van der Waals surface area contributed by atoms with E-state index >= 15 is 0 Å². The van der Waals surface area contributed by atoms with Gasteiger partial charge in [0.05, 0.1) is 33.8 Å². The lowest BCUT2D eigenvalue weighted by Crippen LogP contribution is -2.47. The van der Waals surface area contributed by atoms with Crippen LogP contribution in [0.3, 0.4) is 0 Å². The number of nitrogens with zero attached hydrogens (tertiary/aromatic N) is 1. The average Bonchev–Trinajstić information content (AvgIpc) is 3.69. The third-order valence-corrected chi connectivity index (χ3v) is 15.8. The first-order valence-corrected chi connectivity index (χ1v) is 36.5. The topological polar surface area (TPSA) is 114 Å². The summed E-state index contributed by atoms with van der Waals surface area (Å²) in [5.74, 6) is -0.565. The van der Waals surface area contributed by atoms with E-state index in [0.717, 1.165) is 141 Å². The molecular weight excluding hydrogens is 1080 g/mol. The summed E-state index contributed by atoms with van der Waals surface area (Å²) in [7, 11) is 1.16. The van der Waals surface area contributed by atoms with E-state index in [9.17, 15) is 19.0 Å². The normalized spacial score (nSPS) is 14.4. The molecule has 3 atom stereocenters. The number of esters is 1. The van der Waals surface area contributed by atoms with E-state index in [2.05, 4.69) is 148 Å². The Hall–Kier alpha value is -3.85. The Labute approximate surface area is 530 Å². The predicted molar refractivity (Wildman–Crippen MR) is 371 cm³/mol. The summed E-state index contributed by atoms with van der Waals surface area (Å²) >= 11 is 0. The minimum absolute atomic E-state index is 0.0324. The van der Waals surface area contributed by atoms with Crippen molar-refractivity contribution >= 4 is 19.7 Å². The first kappa shape index (κ1) is 82.1. The third-order valence-electron chi connectivity index (χ3n) is 14.8. The van der Waals surface area contributed by atoms with Crippen LogP contribution in [0.15, 0.2) is 134 Å². The summed E-state index contributed by atoms with van der Waals surface area (Å²) < 4.78 is 30.4. The van der Waals surface area contributed by atoms with Gasteiger partial charge >= 0.3 is 5.97 Å². The summed E-state index contributed by atoms with van der Waals surface area (Å²) in [6.07, 6.45) is 91.4. The lowest BCUT2D eigenvalue weighted by atomic mass is 10.0. The molecule has 86 heavy (non-hydrogen) atoms. The number of likely N-dealkylation sites (N-methyl/N-ethyl adjacent to an activating group) is 1. The number of quaternary nitrogens is 1. The van der Waals surface area contributed by atoms with Crippen LogP contribution in [0.5, 0.6) is 0 Å². The number of amides is 1. The van der Waals surface area contributed by atoms with Crippen molar-refractivity contribution in [2.75, 3.05) is 40.9 Å². The van der Waals surface area contributed by atoms with E-state index in [1.807, 2.05) is 33.3 Å². The van der Waals surface area contributed by atoms with E-state index in [4.69, 9.17) is 13.8 Å². The van der Waals surface area contributed by atoms with Crippen LogP contribution in [0.1, 0.15) is 284 Å². The van der Waals surface area contributed by atoms with Crippen LogP contribution in [0.25, 0.3) is 0 Å². The maximum absolute atomic E-state index is 13.6. The summed E-state index contributed by atoms with van der Waals surface area (Å²) in [6, 6.07) is -0.907. The molecule has 0 saturated heterocycles. The molecule has 0 spiro atoms. The Kier molecular flexibility index (Phi) is 61.3. The molecule has 0 fully saturated rings. The second kappa shape index (κ2) is 64.1. The number of unbranched alkanes of at least 4 members (excludes halogenated alkanes) is 26. The molecule has 0 aromatic rings. The van der Waals surface area contributed by atoms with Gasteiger partial charge in [-0.3, -0.25) is 14.2 Å². The molecule has 0 aromatic heterocycles. The average molecular weight is 1220 g/mol. The number of hydrogen-bond acceptors (Lipinski definition) is 7. The number of nitrogens with one attached hydrogen (secondary N) is 1. The van der Waals surface area contributed by atoms with Crippen molar-refractivity contribution in [3.63, 3.8) is 0 Å². The minimum Gasteiger partial charge on any atom is -0.756 e. The number of phosphoric ester groups is 1. The Morgan fingerprint density at radius 3 is 1.12 bits per heavy atom. The van der Waals surface area contributed by atoms with Gasteiger partial charge in [-0.2, -0.15) is 0 Å². The van der Waals surface area contributed by atoms with E-state index < -0.39 is 26.6 Å². The summed E-state index contributed by atoms with van der Waals surface area (Å²) in [5, 5.41) is 3.03. The number of hydrogen-bond donors (Lipinski definition) is 1. The Morgan fingerprint density at radius 2 is 0.744 bits per heavy atom. The van der Waals surface area contributed by atoms with E-state index in [-0.39, 0.29) is 24.9 Å². The Balaban J connectivity index is 5.14. The van der Waals surface area contributed by atoms with Gasteiger partial charge in [0.2, 0.25) is 5.91 Å². The van der Waals surface area contributed by atoms with Crippen LogP contribution >= 0.6 is 7.82 Å². The van der Waals surface area contributed by atoms with Gasteiger partial charge in [-0.1, -0.05) is 283 Å². The van der Waals surface area contributed by atoms with Gasteiger partial charge in [-0.15, -0.1) is 0 Å². The van der Waals surface area contributed by atoms with Gasteiger partial charge in [-0.25, -0.2) is 0 Å². The molecule has 0 radical (unpaired) electrons. The lowest BCUT2D eigenvalue weighted by Gasteiger charge is -2.30. The maximum atomic E-state index is 13.6. The number of phosphoric acid groups is 1. The molecule has 0 aromatic carbocycles. The summed E-state index contributed by atoms with van der Waals surface area (Å²) in [4.78, 5) is 40.2. The fraction of sp³-hybridized carbons (Fsp3) is 0.684. The van der Waals surface area contributed by atoms with Gasteiger partial charge in [0.25, 0.3) is 7.82 Å². The van der Waals surface area contributed by atoms with Crippen LogP contribution in [-0.2, 0) is 27.9 Å². The van der Waals surface area contributed by atoms with Crippen LogP contribution in [0, 0.1) is 0 Å². The molecule has 492 valence electrons. The molecule has 0 heterocycles. The molecule has 0 saturated carbocycles.